The summed E-state index contributed by atoms with van der Waals surface area (Å²) in [4.78, 5) is 23.4. The lowest BCUT2D eigenvalue weighted by atomic mass is 10.0. The first-order valence-corrected chi connectivity index (χ1v) is 9.68. The molecule has 2 heterocycles. The Morgan fingerprint density at radius 1 is 1.19 bits per heavy atom. The third-order valence-electron chi connectivity index (χ3n) is 4.95. The molecule has 2 aromatic rings. The Morgan fingerprint density at radius 3 is 2.70 bits per heavy atom. The van der Waals surface area contributed by atoms with E-state index >= 15 is 0 Å². The predicted octanol–water partition coefficient (Wildman–Crippen LogP) is 3.79. The molecule has 1 fully saturated rings. The van der Waals surface area contributed by atoms with Crippen LogP contribution in [0.3, 0.4) is 0 Å². The molecule has 0 saturated carbocycles. The van der Waals surface area contributed by atoms with E-state index in [9.17, 15) is 4.79 Å². The first kappa shape index (κ1) is 19.3. The molecule has 144 valence electrons. The Morgan fingerprint density at radius 2 is 1.96 bits per heavy atom. The summed E-state index contributed by atoms with van der Waals surface area (Å²) in [6, 6.07) is 10.4. The number of urea groups is 1. The molecule has 3 rings (SSSR count). The van der Waals surface area contributed by atoms with Gasteiger partial charge in [0.1, 0.15) is 5.82 Å². The third kappa shape index (κ3) is 5.76. The number of hydrogen-bond donors (Lipinski definition) is 2. The van der Waals surface area contributed by atoms with Crippen molar-refractivity contribution in [2.45, 2.75) is 59.2 Å². The summed E-state index contributed by atoms with van der Waals surface area (Å²) in [6.07, 6.45) is 3.86. The lowest BCUT2D eigenvalue weighted by Gasteiger charge is -2.33. The number of aromatic nitrogens is 2. The van der Waals surface area contributed by atoms with Crippen LogP contribution in [0.1, 0.15) is 49.0 Å². The molecular formula is C21H29N5O. The van der Waals surface area contributed by atoms with Gasteiger partial charge in [0.15, 0.2) is 0 Å². The van der Waals surface area contributed by atoms with Crippen molar-refractivity contribution in [3.63, 3.8) is 0 Å². The van der Waals surface area contributed by atoms with Gasteiger partial charge in [0, 0.05) is 29.7 Å². The minimum atomic E-state index is -0.249. The molecule has 1 atom stereocenters. The number of carbonyl (C=O) groups excluding carboxylic acids is 1. The van der Waals surface area contributed by atoms with Gasteiger partial charge >= 0.3 is 6.03 Å². The van der Waals surface area contributed by atoms with Crippen LogP contribution in [0.5, 0.6) is 0 Å². The van der Waals surface area contributed by atoms with Crippen molar-refractivity contribution in [1.29, 1.82) is 0 Å². The molecule has 0 radical (unpaired) electrons. The predicted molar refractivity (Wildman–Crippen MR) is 108 cm³/mol. The maximum Gasteiger partial charge on any atom is 0.319 e. The van der Waals surface area contributed by atoms with Crippen molar-refractivity contribution in [3.8, 4) is 0 Å². The van der Waals surface area contributed by atoms with Crippen molar-refractivity contribution in [3.05, 3.63) is 53.1 Å². The van der Waals surface area contributed by atoms with Gasteiger partial charge in [0.2, 0.25) is 0 Å². The summed E-state index contributed by atoms with van der Waals surface area (Å²) in [5.74, 6) is 0.621. The minimum Gasteiger partial charge on any atom is -0.331 e. The van der Waals surface area contributed by atoms with Crippen molar-refractivity contribution in [2.75, 3.05) is 11.9 Å². The molecular weight excluding hydrogens is 338 g/mol. The van der Waals surface area contributed by atoms with Crippen LogP contribution in [0.15, 0.2) is 30.3 Å². The van der Waals surface area contributed by atoms with E-state index in [1.807, 2.05) is 38.1 Å². The second-order valence-electron chi connectivity index (χ2n) is 7.39. The maximum atomic E-state index is 12.2. The number of hydrogen-bond acceptors (Lipinski definition) is 4. The zero-order chi connectivity index (χ0) is 19.2. The maximum absolute atomic E-state index is 12.2. The monoisotopic (exact) mass is 367 g/mol. The van der Waals surface area contributed by atoms with Gasteiger partial charge in [-0.25, -0.2) is 14.8 Å². The number of carbonyl (C=O) groups is 1. The number of benzene rings is 1. The fourth-order valence-electron chi connectivity index (χ4n) is 3.59. The molecule has 0 spiro atoms. The number of rotatable bonds is 5. The molecule has 0 aliphatic carbocycles. The molecule has 2 N–H and O–H groups in total. The number of likely N-dealkylation sites (tertiary alicyclic amines) is 1. The molecule has 1 aromatic carbocycles. The van der Waals surface area contributed by atoms with Crippen LogP contribution in [0.4, 0.5) is 10.5 Å². The van der Waals surface area contributed by atoms with Crippen molar-refractivity contribution < 1.29 is 4.79 Å². The highest BCUT2D eigenvalue weighted by atomic mass is 16.2. The molecule has 0 unspecified atom stereocenters. The minimum absolute atomic E-state index is 0.249. The Bertz CT molecular complexity index is 772. The second-order valence-corrected chi connectivity index (χ2v) is 7.39. The summed E-state index contributed by atoms with van der Waals surface area (Å²) in [6.45, 7) is 8.52. The van der Waals surface area contributed by atoms with Gasteiger partial charge in [-0.15, -0.1) is 0 Å². The summed E-state index contributed by atoms with van der Waals surface area (Å²) in [5, 5.41) is 5.73. The smallest absolute Gasteiger partial charge is 0.319 e. The first-order chi connectivity index (χ1) is 13.0. The lowest BCUT2D eigenvalue weighted by molar-refractivity contribution is 0.152. The summed E-state index contributed by atoms with van der Waals surface area (Å²) < 4.78 is 0. The van der Waals surface area contributed by atoms with Gasteiger partial charge in [-0.1, -0.05) is 18.6 Å². The fourth-order valence-corrected chi connectivity index (χ4v) is 3.59. The van der Waals surface area contributed by atoms with Crippen LogP contribution >= 0.6 is 0 Å². The summed E-state index contributed by atoms with van der Waals surface area (Å²) >= 11 is 0. The van der Waals surface area contributed by atoms with E-state index in [0.29, 0.717) is 18.4 Å². The molecule has 1 aliphatic heterocycles. The first-order valence-electron chi connectivity index (χ1n) is 9.68. The van der Waals surface area contributed by atoms with E-state index in [1.165, 1.54) is 24.8 Å². The van der Waals surface area contributed by atoms with E-state index in [1.54, 1.807) is 0 Å². The average molecular weight is 367 g/mol. The number of nitrogens with one attached hydrogen (secondary N) is 2. The topological polar surface area (TPSA) is 70.2 Å². The number of amides is 2. The lowest BCUT2D eigenvalue weighted by Crippen LogP contribution is -2.36. The van der Waals surface area contributed by atoms with E-state index in [2.05, 4.69) is 38.5 Å². The number of nitrogens with zero attached hydrogens (tertiary/aromatic N) is 3. The molecule has 1 aliphatic rings. The quantitative estimate of drug-likeness (QED) is 0.843. The van der Waals surface area contributed by atoms with Crippen LogP contribution in [0.2, 0.25) is 0 Å². The fraction of sp³-hybridized carbons (Fsp3) is 0.476. The second kappa shape index (κ2) is 8.95. The van der Waals surface area contributed by atoms with Gasteiger partial charge in [-0.2, -0.15) is 0 Å². The SMILES string of the molecule is Cc1cc(C)nc(CNC(=O)Nc2cccc(CN3CCCC[C@@H]3C)c2)n1. The molecule has 1 saturated heterocycles. The molecule has 1 aromatic heterocycles. The van der Waals surface area contributed by atoms with Gasteiger partial charge in [-0.3, -0.25) is 4.90 Å². The van der Waals surface area contributed by atoms with Crippen molar-refractivity contribution in [1.82, 2.24) is 20.2 Å². The Kier molecular flexibility index (Phi) is 6.40. The third-order valence-corrected chi connectivity index (χ3v) is 4.95. The van der Waals surface area contributed by atoms with Gasteiger partial charge in [0.25, 0.3) is 0 Å². The van der Waals surface area contributed by atoms with E-state index in [0.717, 1.165) is 30.2 Å². The zero-order valence-electron chi connectivity index (χ0n) is 16.5. The molecule has 6 heteroatoms. The van der Waals surface area contributed by atoms with Crippen molar-refractivity contribution in [2.24, 2.45) is 0 Å². The number of aryl methyl sites for hydroxylation is 2. The largest absolute Gasteiger partial charge is 0.331 e. The van der Waals surface area contributed by atoms with Crippen LogP contribution in [-0.2, 0) is 13.1 Å². The normalized spacial score (nSPS) is 17.5. The highest BCUT2D eigenvalue weighted by Crippen LogP contribution is 2.20. The van der Waals surface area contributed by atoms with Crippen LogP contribution < -0.4 is 10.6 Å². The number of anilines is 1. The Labute approximate surface area is 161 Å². The van der Waals surface area contributed by atoms with Crippen molar-refractivity contribution >= 4 is 11.7 Å². The highest BCUT2D eigenvalue weighted by molar-refractivity contribution is 5.89. The average Bonchev–Trinajstić information content (AvgIpc) is 2.62. The number of piperidine rings is 1. The molecule has 27 heavy (non-hydrogen) atoms. The summed E-state index contributed by atoms with van der Waals surface area (Å²) in [5.41, 5.74) is 3.83. The Balaban J connectivity index is 1.54. The van der Waals surface area contributed by atoms with Crippen LogP contribution in [0.25, 0.3) is 0 Å². The van der Waals surface area contributed by atoms with Gasteiger partial charge in [0.05, 0.1) is 6.54 Å². The molecule has 0 bridgehead atoms. The Hall–Kier alpha value is -2.47. The van der Waals surface area contributed by atoms with Crippen LogP contribution in [-0.4, -0.2) is 33.5 Å². The van der Waals surface area contributed by atoms with Gasteiger partial charge in [-0.05, 0) is 63.9 Å². The van der Waals surface area contributed by atoms with Crippen LogP contribution in [0, 0.1) is 13.8 Å². The summed E-state index contributed by atoms with van der Waals surface area (Å²) in [7, 11) is 0. The van der Waals surface area contributed by atoms with Gasteiger partial charge < -0.3 is 10.6 Å². The van der Waals surface area contributed by atoms with E-state index in [-0.39, 0.29) is 6.03 Å². The highest BCUT2D eigenvalue weighted by Gasteiger charge is 2.18. The standard InChI is InChI=1S/C21H29N5O/c1-15-11-16(2)24-20(23-15)13-22-21(27)25-19-9-6-8-18(12-19)14-26-10-5-4-7-17(26)3/h6,8-9,11-12,17H,4-5,7,10,13-14H2,1-3H3,(H2,22,25,27)/t17-/m0/s1. The zero-order valence-corrected chi connectivity index (χ0v) is 16.5. The van der Waals surface area contributed by atoms with E-state index < -0.39 is 0 Å². The van der Waals surface area contributed by atoms with E-state index in [4.69, 9.17) is 0 Å². The molecule has 6 nitrogen and oxygen atoms in total. The molecule has 2 amide bonds.